The molecule has 0 aliphatic carbocycles. The maximum absolute atomic E-state index is 12.6. The molecule has 2 rings (SSSR count). The fourth-order valence-electron chi connectivity index (χ4n) is 2.32. The van der Waals surface area contributed by atoms with E-state index in [9.17, 15) is 18.0 Å². The number of anilines is 1. The summed E-state index contributed by atoms with van der Waals surface area (Å²) in [4.78, 5) is 24.1. The number of sulfonamides is 1. The number of nitrogens with two attached hydrogens (primary N) is 1. The first-order valence-electron chi connectivity index (χ1n) is 8.03. The predicted molar refractivity (Wildman–Crippen MR) is 100 cm³/mol. The van der Waals surface area contributed by atoms with Gasteiger partial charge in [-0.05, 0) is 37.6 Å². The first-order chi connectivity index (χ1) is 12.2. The third-order valence-electron chi connectivity index (χ3n) is 3.78. The van der Waals surface area contributed by atoms with Gasteiger partial charge in [-0.3, -0.25) is 14.3 Å². The van der Waals surface area contributed by atoms with Gasteiger partial charge in [-0.15, -0.1) is 0 Å². The summed E-state index contributed by atoms with van der Waals surface area (Å²) in [5, 5.41) is 2.81. The predicted octanol–water partition coefficient (Wildman–Crippen LogP) is 2.04. The van der Waals surface area contributed by atoms with Gasteiger partial charge in [0.2, 0.25) is 15.9 Å². The quantitative estimate of drug-likeness (QED) is 0.686. The van der Waals surface area contributed by atoms with Crippen LogP contribution in [-0.4, -0.2) is 26.0 Å². The standard InChI is InChI=1S/C18H21N3O4S/c1-3-26(24,25)21-16-10-14(17(19)22)9-15(11-16)18(23)20-12(2)13-7-5-4-6-8-13/h4-12,21H,3H2,1-2H3,(H2,19,22)(H,20,23). The lowest BCUT2D eigenvalue weighted by Crippen LogP contribution is -2.27. The second kappa shape index (κ2) is 8.01. The minimum atomic E-state index is -3.56. The summed E-state index contributed by atoms with van der Waals surface area (Å²) in [5.74, 6) is -1.34. The molecule has 0 heterocycles. The molecule has 0 spiro atoms. The second-order valence-electron chi connectivity index (χ2n) is 5.77. The van der Waals surface area contributed by atoms with Gasteiger partial charge in [0.15, 0.2) is 0 Å². The van der Waals surface area contributed by atoms with Crippen molar-refractivity contribution in [2.45, 2.75) is 19.9 Å². The number of rotatable bonds is 7. The summed E-state index contributed by atoms with van der Waals surface area (Å²) in [5.41, 5.74) is 6.50. The van der Waals surface area contributed by atoms with Crippen LogP contribution in [0, 0.1) is 0 Å². The van der Waals surface area contributed by atoms with E-state index in [2.05, 4.69) is 10.0 Å². The van der Waals surface area contributed by atoms with E-state index in [1.807, 2.05) is 37.3 Å². The van der Waals surface area contributed by atoms with Crippen LogP contribution in [-0.2, 0) is 10.0 Å². The number of hydrogen-bond donors (Lipinski definition) is 3. The van der Waals surface area contributed by atoms with Crippen molar-refractivity contribution in [3.8, 4) is 0 Å². The van der Waals surface area contributed by atoms with Gasteiger partial charge in [0.25, 0.3) is 5.91 Å². The molecule has 0 saturated heterocycles. The molecule has 0 radical (unpaired) electrons. The number of hydrogen-bond acceptors (Lipinski definition) is 4. The van der Waals surface area contributed by atoms with E-state index in [-0.39, 0.29) is 28.6 Å². The van der Waals surface area contributed by atoms with E-state index in [0.717, 1.165) is 5.56 Å². The molecule has 1 atom stereocenters. The smallest absolute Gasteiger partial charge is 0.251 e. The molecular weight excluding hydrogens is 354 g/mol. The highest BCUT2D eigenvalue weighted by Crippen LogP contribution is 2.18. The molecule has 0 aromatic heterocycles. The van der Waals surface area contributed by atoms with Gasteiger partial charge in [-0.2, -0.15) is 0 Å². The summed E-state index contributed by atoms with van der Waals surface area (Å²) >= 11 is 0. The van der Waals surface area contributed by atoms with Gasteiger partial charge < -0.3 is 11.1 Å². The Hall–Kier alpha value is -2.87. The van der Waals surface area contributed by atoms with E-state index in [1.165, 1.54) is 25.1 Å². The highest BCUT2D eigenvalue weighted by atomic mass is 32.2. The summed E-state index contributed by atoms with van der Waals surface area (Å²) in [6, 6.07) is 13.1. The lowest BCUT2D eigenvalue weighted by Gasteiger charge is -2.15. The number of carbonyl (C=O) groups is 2. The number of benzene rings is 2. The maximum atomic E-state index is 12.6. The molecule has 8 heteroatoms. The Morgan fingerprint density at radius 3 is 2.27 bits per heavy atom. The van der Waals surface area contributed by atoms with Crippen molar-refractivity contribution in [3.05, 3.63) is 65.2 Å². The minimum Gasteiger partial charge on any atom is -0.366 e. The van der Waals surface area contributed by atoms with Crippen molar-refractivity contribution in [2.75, 3.05) is 10.5 Å². The molecule has 0 fully saturated rings. The van der Waals surface area contributed by atoms with Gasteiger partial charge in [-0.25, -0.2) is 8.42 Å². The molecular formula is C18H21N3O4S. The first kappa shape index (κ1) is 19.5. The Morgan fingerprint density at radius 1 is 1.08 bits per heavy atom. The van der Waals surface area contributed by atoms with Gasteiger partial charge in [-0.1, -0.05) is 30.3 Å². The third kappa shape index (κ3) is 5.06. The second-order valence-corrected chi connectivity index (χ2v) is 7.79. The molecule has 138 valence electrons. The fourth-order valence-corrected chi connectivity index (χ4v) is 2.94. The van der Waals surface area contributed by atoms with Crippen LogP contribution in [0.2, 0.25) is 0 Å². The SMILES string of the molecule is CCS(=O)(=O)Nc1cc(C(N)=O)cc(C(=O)NC(C)c2ccccc2)c1. The van der Waals surface area contributed by atoms with Crippen LogP contribution >= 0.6 is 0 Å². The lowest BCUT2D eigenvalue weighted by molar-refractivity contribution is 0.0940. The van der Waals surface area contributed by atoms with Crippen LogP contribution in [0.5, 0.6) is 0 Å². The monoisotopic (exact) mass is 375 g/mol. The molecule has 26 heavy (non-hydrogen) atoms. The Kier molecular flexibility index (Phi) is 5.99. The topological polar surface area (TPSA) is 118 Å². The molecule has 1 unspecified atom stereocenters. The molecule has 0 bridgehead atoms. The molecule has 0 aliphatic heterocycles. The van der Waals surface area contributed by atoms with Crippen molar-refractivity contribution in [3.63, 3.8) is 0 Å². The van der Waals surface area contributed by atoms with Gasteiger partial charge in [0.05, 0.1) is 17.5 Å². The van der Waals surface area contributed by atoms with Crippen LogP contribution in [0.3, 0.4) is 0 Å². The zero-order valence-corrected chi connectivity index (χ0v) is 15.3. The maximum Gasteiger partial charge on any atom is 0.251 e. The number of primary amides is 1. The van der Waals surface area contributed by atoms with Gasteiger partial charge in [0, 0.05) is 11.1 Å². The average molecular weight is 375 g/mol. The molecule has 2 aromatic carbocycles. The number of nitrogens with one attached hydrogen (secondary N) is 2. The highest BCUT2D eigenvalue weighted by molar-refractivity contribution is 7.92. The lowest BCUT2D eigenvalue weighted by atomic mass is 10.1. The highest BCUT2D eigenvalue weighted by Gasteiger charge is 2.16. The molecule has 4 N–H and O–H groups in total. The Morgan fingerprint density at radius 2 is 1.69 bits per heavy atom. The zero-order chi connectivity index (χ0) is 19.3. The van der Waals surface area contributed by atoms with Crippen molar-refractivity contribution in [1.82, 2.24) is 5.32 Å². The van der Waals surface area contributed by atoms with Crippen LogP contribution in [0.15, 0.2) is 48.5 Å². The van der Waals surface area contributed by atoms with Crippen LogP contribution in [0.25, 0.3) is 0 Å². The zero-order valence-electron chi connectivity index (χ0n) is 14.5. The van der Waals surface area contributed by atoms with Crippen LogP contribution in [0.1, 0.15) is 46.2 Å². The molecule has 2 aromatic rings. The third-order valence-corrected chi connectivity index (χ3v) is 5.09. The Labute approximate surface area is 152 Å². The Bertz CT molecular complexity index is 911. The van der Waals surface area contributed by atoms with Gasteiger partial charge >= 0.3 is 0 Å². The number of amides is 2. The van der Waals surface area contributed by atoms with E-state index >= 15 is 0 Å². The number of carbonyl (C=O) groups excluding carboxylic acids is 2. The summed E-state index contributed by atoms with van der Waals surface area (Å²) in [6.45, 7) is 3.31. The summed E-state index contributed by atoms with van der Waals surface area (Å²) < 4.78 is 25.9. The van der Waals surface area contributed by atoms with Crippen molar-refractivity contribution in [2.24, 2.45) is 5.73 Å². The molecule has 0 saturated carbocycles. The molecule has 0 aliphatic rings. The first-order valence-corrected chi connectivity index (χ1v) is 9.68. The van der Waals surface area contributed by atoms with E-state index in [4.69, 9.17) is 5.73 Å². The largest absolute Gasteiger partial charge is 0.366 e. The summed E-state index contributed by atoms with van der Waals surface area (Å²) in [6.07, 6.45) is 0. The van der Waals surface area contributed by atoms with Crippen molar-refractivity contribution < 1.29 is 18.0 Å². The van der Waals surface area contributed by atoms with Crippen LogP contribution < -0.4 is 15.8 Å². The van der Waals surface area contributed by atoms with Crippen molar-refractivity contribution >= 4 is 27.5 Å². The summed E-state index contributed by atoms with van der Waals surface area (Å²) in [7, 11) is -3.56. The fraction of sp³-hybridized carbons (Fsp3) is 0.222. The van der Waals surface area contributed by atoms with E-state index in [1.54, 1.807) is 0 Å². The average Bonchev–Trinajstić information content (AvgIpc) is 2.61. The van der Waals surface area contributed by atoms with Gasteiger partial charge in [0.1, 0.15) is 0 Å². The van der Waals surface area contributed by atoms with E-state index in [0.29, 0.717) is 0 Å². The van der Waals surface area contributed by atoms with Crippen molar-refractivity contribution in [1.29, 1.82) is 0 Å². The normalized spacial score (nSPS) is 12.2. The molecule has 2 amide bonds. The molecule has 7 nitrogen and oxygen atoms in total. The van der Waals surface area contributed by atoms with E-state index < -0.39 is 21.8 Å². The Balaban J connectivity index is 2.30. The minimum absolute atomic E-state index is 0.0406. The van der Waals surface area contributed by atoms with Crippen LogP contribution in [0.4, 0.5) is 5.69 Å².